The van der Waals surface area contributed by atoms with E-state index in [-0.39, 0.29) is 16.3 Å². The Morgan fingerprint density at radius 2 is 0.962 bits per heavy atom. The van der Waals surface area contributed by atoms with E-state index in [4.69, 9.17) is 0 Å². The maximum atomic E-state index is 11.9. The maximum Gasteiger partial charge on any atom is 0.279 e. The fourth-order valence-corrected chi connectivity index (χ4v) is 9.11. The van der Waals surface area contributed by atoms with Crippen molar-refractivity contribution in [2.75, 3.05) is 65.2 Å². The Hall–Kier alpha value is -0.440. The SMILES string of the molecule is CC(C)CCNS(=O)(=O)C1CC1.CC(C)CCNS(=O)(=O)N1CCN(C)CC1.CCC(C)S(=O)(=O)NCCC(C)C.CCCS(=O)(=O)NCCC(C)C. The van der Waals surface area contributed by atoms with E-state index in [1.54, 1.807) is 6.92 Å². The van der Waals surface area contributed by atoms with E-state index < -0.39 is 40.3 Å². The summed E-state index contributed by atoms with van der Waals surface area (Å²) in [5, 5.41) is -0.357. The first-order valence-electron chi connectivity index (χ1n) is 19.7. The van der Waals surface area contributed by atoms with Crippen LogP contribution in [0, 0.1) is 23.7 Å². The van der Waals surface area contributed by atoms with E-state index in [0.29, 0.717) is 75.8 Å². The first-order valence-corrected chi connectivity index (χ1v) is 25.9. The van der Waals surface area contributed by atoms with E-state index >= 15 is 0 Å². The van der Waals surface area contributed by atoms with Crippen LogP contribution in [-0.4, -0.2) is 119 Å². The molecule has 2 fully saturated rings. The van der Waals surface area contributed by atoms with Crippen LogP contribution >= 0.6 is 0 Å². The third kappa shape index (κ3) is 30.4. The van der Waals surface area contributed by atoms with E-state index in [2.05, 4.69) is 79.2 Å². The van der Waals surface area contributed by atoms with Gasteiger partial charge in [0.2, 0.25) is 30.1 Å². The lowest BCUT2D eigenvalue weighted by atomic mass is 10.1. The van der Waals surface area contributed by atoms with Crippen LogP contribution in [0.2, 0.25) is 0 Å². The summed E-state index contributed by atoms with van der Waals surface area (Å²) in [6.45, 7) is 27.2. The molecule has 1 aliphatic carbocycles. The second-order valence-corrected chi connectivity index (χ2v) is 23.8. The Morgan fingerprint density at radius 3 is 1.34 bits per heavy atom. The normalized spacial score (nSPS) is 16.8. The Balaban J connectivity index is 0. The molecule has 0 aromatic rings. The van der Waals surface area contributed by atoms with Crippen LogP contribution in [0.15, 0.2) is 0 Å². The second kappa shape index (κ2) is 28.0. The van der Waals surface area contributed by atoms with Crippen LogP contribution in [0.3, 0.4) is 0 Å². The van der Waals surface area contributed by atoms with Gasteiger partial charge in [0.05, 0.1) is 16.3 Å². The molecular formula is C35H80N6O8S4. The average molecular weight is 841 g/mol. The molecule has 2 aliphatic rings. The molecule has 14 nitrogen and oxygen atoms in total. The molecule has 1 heterocycles. The lowest BCUT2D eigenvalue weighted by Gasteiger charge is -2.31. The zero-order chi connectivity index (χ0) is 41.5. The molecule has 2 rings (SSSR count). The highest BCUT2D eigenvalue weighted by Crippen LogP contribution is 2.27. The fraction of sp³-hybridized carbons (Fsp3) is 1.00. The number of rotatable bonds is 22. The standard InChI is InChI=1S/C10H23N3O2S.C9H21NO2S.C8H17NO2S.C8H19NO2S/c1-10(2)4-5-11-16(14,15)13-8-6-12(3)7-9-13;1-5-9(4)13(11,12)10-7-6-8(2)3;1-7(2)5-6-9-12(10,11)8-3-4-8;1-4-7-12(10,11)9-6-5-8(2)3/h10-11H,4-9H2,1-3H3;8-10H,5-7H2,1-4H3;7-9H,3-6H2,1-2H3;8-9H,4-7H2,1-3H3. The van der Waals surface area contributed by atoms with Gasteiger partial charge >= 0.3 is 0 Å². The van der Waals surface area contributed by atoms with Crippen LogP contribution in [0.4, 0.5) is 0 Å². The molecule has 0 spiro atoms. The molecule has 0 aromatic heterocycles. The Kier molecular flexibility index (Phi) is 28.9. The van der Waals surface area contributed by atoms with Gasteiger partial charge in [0.1, 0.15) is 0 Å². The molecule has 18 heteroatoms. The molecular weight excluding hydrogens is 761 g/mol. The predicted molar refractivity (Wildman–Crippen MR) is 223 cm³/mol. The molecule has 1 aliphatic heterocycles. The molecule has 0 amide bonds. The third-order valence-electron chi connectivity index (χ3n) is 8.44. The predicted octanol–water partition coefficient (Wildman–Crippen LogP) is 4.34. The highest BCUT2D eigenvalue weighted by atomic mass is 32.2. The third-order valence-corrected chi connectivity index (χ3v) is 15.6. The van der Waals surface area contributed by atoms with E-state index in [9.17, 15) is 33.7 Å². The average Bonchev–Trinajstić information content (AvgIpc) is 3.87. The number of hydrogen-bond acceptors (Lipinski definition) is 9. The smallest absolute Gasteiger partial charge is 0.279 e. The molecule has 0 aromatic carbocycles. The minimum atomic E-state index is -3.25. The highest BCUT2D eigenvalue weighted by molar-refractivity contribution is 7.90. The molecule has 4 N–H and O–H groups in total. The second-order valence-electron chi connectivity index (χ2n) is 15.8. The van der Waals surface area contributed by atoms with Gasteiger partial charge in [-0.15, -0.1) is 0 Å². The summed E-state index contributed by atoms with van der Waals surface area (Å²) in [4.78, 5) is 2.14. The number of sulfonamides is 3. The van der Waals surface area contributed by atoms with Crippen molar-refractivity contribution in [1.82, 2.24) is 28.1 Å². The summed E-state index contributed by atoms with van der Waals surface area (Å²) in [6.07, 6.45) is 6.64. The summed E-state index contributed by atoms with van der Waals surface area (Å²) in [5.74, 6) is 2.42. The lowest BCUT2D eigenvalue weighted by Crippen LogP contribution is -2.51. The van der Waals surface area contributed by atoms with Crippen molar-refractivity contribution in [2.45, 2.75) is 138 Å². The number of hydrogen-bond donors (Lipinski definition) is 4. The Labute approximate surface area is 327 Å². The van der Waals surface area contributed by atoms with Crippen molar-refractivity contribution in [2.24, 2.45) is 23.7 Å². The zero-order valence-corrected chi connectivity index (χ0v) is 38.5. The summed E-state index contributed by atoms with van der Waals surface area (Å²) in [7, 11) is -10.2. The van der Waals surface area contributed by atoms with Gasteiger partial charge in [0, 0.05) is 52.4 Å². The molecule has 0 bridgehead atoms. The summed E-state index contributed by atoms with van der Waals surface area (Å²) in [5.41, 5.74) is 0. The molecule has 1 atom stereocenters. The van der Waals surface area contributed by atoms with Gasteiger partial charge in [0.25, 0.3) is 10.2 Å². The molecule has 53 heavy (non-hydrogen) atoms. The van der Waals surface area contributed by atoms with Gasteiger partial charge in [-0.05, 0) is 89.0 Å². The molecule has 1 saturated heterocycles. The highest BCUT2D eigenvalue weighted by Gasteiger charge is 2.35. The van der Waals surface area contributed by atoms with Crippen LogP contribution < -0.4 is 18.9 Å². The summed E-state index contributed by atoms with van der Waals surface area (Å²) >= 11 is 0. The fourth-order valence-electron chi connectivity index (χ4n) is 4.28. The van der Waals surface area contributed by atoms with E-state index in [1.165, 1.54) is 4.31 Å². The van der Waals surface area contributed by atoms with E-state index in [1.807, 2.05) is 20.9 Å². The molecule has 322 valence electrons. The van der Waals surface area contributed by atoms with Gasteiger partial charge in [-0.2, -0.15) is 12.7 Å². The number of nitrogens with zero attached hydrogens (tertiary/aromatic N) is 2. The van der Waals surface area contributed by atoms with Crippen LogP contribution in [-0.2, 0) is 40.3 Å². The van der Waals surface area contributed by atoms with E-state index in [0.717, 1.165) is 51.6 Å². The monoisotopic (exact) mass is 840 g/mol. The molecule has 1 unspecified atom stereocenters. The van der Waals surface area contributed by atoms with Crippen molar-refractivity contribution < 1.29 is 33.7 Å². The van der Waals surface area contributed by atoms with Gasteiger partial charge < -0.3 is 4.90 Å². The Bertz CT molecular complexity index is 1360. The van der Waals surface area contributed by atoms with Crippen LogP contribution in [0.5, 0.6) is 0 Å². The van der Waals surface area contributed by atoms with Crippen LogP contribution in [0.25, 0.3) is 0 Å². The number of piperazine rings is 1. The van der Waals surface area contributed by atoms with Gasteiger partial charge in [0.15, 0.2) is 0 Å². The maximum absolute atomic E-state index is 11.9. The first-order chi connectivity index (χ1) is 24.3. The van der Waals surface area contributed by atoms with Gasteiger partial charge in [-0.1, -0.05) is 69.2 Å². The molecule has 1 saturated carbocycles. The van der Waals surface area contributed by atoms with Crippen molar-refractivity contribution in [3.05, 3.63) is 0 Å². The van der Waals surface area contributed by atoms with Gasteiger partial charge in [-0.25, -0.2) is 44.1 Å². The topological polar surface area (TPSA) is 191 Å². The first kappa shape index (κ1) is 54.7. The minimum Gasteiger partial charge on any atom is -0.304 e. The zero-order valence-electron chi connectivity index (χ0n) is 35.3. The minimum absolute atomic E-state index is 0.0790. The van der Waals surface area contributed by atoms with Crippen molar-refractivity contribution in [1.29, 1.82) is 0 Å². The number of nitrogens with one attached hydrogen (secondary N) is 4. The summed E-state index contributed by atoms with van der Waals surface area (Å²) < 4.78 is 103. The largest absolute Gasteiger partial charge is 0.304 e. The Morgan fingerprint density at radius 1 is 0.566 bits per heavy atom. The lowest BCUT2D eigenvalue weighted by molar-refractivity contribution is 0.221. The summed E-state index contributed by atoms with van der Waals surface area (Å²) in [6, 6.07) is 0. The van der Waals surface area contributed by atoms with Crippen molar-refractivity contribution in [3.8, 4) is 0 Å². The quantitative estimate of drug-likeness (QED) is 0.123. The van der Waals surface area contributed by atoms with Crippen molar-refractivity contribution in [3.63, 3.8) is 0 Å². The van der Waals surface area contributed by atoms with Gasteiger partial charge in [-0.3, -0.25) is 0 Å². The van der Waals surface area contributed by atoms with Crippen molar-refractivity contribution >= 4 is 40.3 Å². The molecule has 0 radical (unpaired) electrons. The number of likely N-dealkylation sites (N-methyl/N-ethyl adjacent to an activating group) is 1. The van der Waals surface area contributed by atoms with Crippen LogP contribution in [0.1, 0.15) is 128 Å².